The van der Waals surface area contributed by atoms with Crippen LogP contribution in [-0.2, 0) is 9.53 Å². The van der Waals surface area contributed by atoms with Crippen LogP contribution in [-0.4, -0.2) is 36.9 Å². The second kappa shape index (κ2) is 8.08. The van der Waals surface area contributed by atoms with Gasteiger partial charge in [0.1, 0.15) is 0 Å². The van der Waals surface area contributed by atoms with E-state index in [1.165, 1.54) is 18.4 Å². The summed E-state index contributed by atoms with van der Waals surface area (Å²) < 4.78 is 5.63. The number of amides is 2. The normalized spacial score (nSPS) is 13.6. The van der Waals surface area contributed by atoms with Crippen LogP contribution in [0.25, 0.3) is 0 Å². The first-order valence-corrected chi connectivity index (χ1v) is 7.16. The number of aliphatic carboxylic acids is 1. The molecule has 3 N–H and O–H groups in total. The molecule has 0 radical (unpaired) electrons. The van der Waals surface area contributed by atoms with Crippen molar-refractivity contribution in [3.63, 3.8) is 0 Å². The van der Waals surface area contributed by atoms with Crippen molar-refractivity contribution in [1.82, 2.24) is 10.6 Å². The number of ether oxygens (including phenoxy) is 1. The lowest BCUT2D eigenvalue weighted by molar-refractivity contribution is -0.139. The Hall–Kier alpha value is -1.31. The molecule has 20 heavy (non-hydrogen) atoms. The van der Waals surface area contributed by atoms with Crippen LogP contribution in [0.2, 0.25) is 4.34 Å². The smallest absolute Gasteiger partial charge is 0.315 e. The molecule has 0 aliphatic heterocycles. The molecule has 0 saturated carbocycles. The van der Waals surface area contributed by atoms with Crippen LogP contribution < -0.4 is 10.6 Å². The highest BCUT2D eigenvalue weighted by atomic mass is 35.5. The van der Waals surface area contributed by atoms with Crippen molar-refractivity contribution in [2.24, 2.45) is 0 Å². The summed E-state index contributed by atoms with van der Waals surface area (Å²) >= 11 is 7.22. The highest BCUT2D eigenvalue weighted by molar-refractivity contribution is 7.16. The van der Waals surface area contributed by atoms with E-state index in [-0.39, 0.29) is 25.0 Å². The molecular formula is C12H17ClN2O4S. The van der Waals surface area contributed by atoms with E-state index >= 15 is 0 Å². The minimum atomic E-state index is -0.972. The summed E-state index contributed by atoms with van der Waals surface area (Å²) in [5, 5.41) is 14.0. The van der Waals surface area contributed by atoms with Crippen LogP contribution in [0.3, 0.4) is 0 Å². The number of hydrogen-bond acceptors (Lipinski definition) is 4. The molecule has 1 aromatic heterocycles. The fourth-order valence-corrected chi connectivity index (χ4v) is 2.58. The summed E-state index contributed by atoms with van der Waals surface area (Å²) in [5.41, 5.74) is 0. The zero-order valence-electron chi connectivity index (χ0n) is 11.2. The molecule has 1 rings (SSSR count). The monoisotopic (exact) mass is 320 g/mol. The van der Waals surface area contributed by atoms with Crippen LogP contribution >= 0.6 is 22.9 Å². The van der Waals surface area contributed by atoms with Crippen molar-refractivity contribution in [2.75, 3.05) is 13.7 Å². The van der Waals surface area contributed by atoms with Gasteiger partial charge in [-0.3, -0.25) is 4.79 Å². The maximum absolute atomic E-state index is 11.7. The van der Waals surface area contributed by atoms with E-state index in [1.54, 1.807) is 6.07 Å². The second-order valence-electron chi connectivity index (χ2n) is 4.17. The molecule has 2 unspecified atom stereocenters. The number of halogens is 1. The predicted molar refractivity (Wildman–Crippen MR) is 77.3 cm³/mol. The summed E-state index contributed by atoms with van der Waals surface area (Å²) in [4.78, 5) is 23.2. The standard InChI is InChI=1S/C12H17ClN2O4S/c1-7(9-3-4-10(13)20-9)15-12(18)14-6-8(19-2)5-11(16)17/h3-4,7-8H,5-6H2,1-2H3,(H,16,17)(H2,14,15,18). The molecule has 8 heteroatoms. The van der Waals surface area contributed by atoms with Gasteiger partial charge in [0.05, 0.1) is 22.9 Å². The minimum Gasteiger partial charge on any atom is -0.481 e. The predicted octanol–water partition coefficient (Wildman–Crippen LogP) is 2.25. The number of methoxy groups -OCH3 is 1. The third kappa shape index (κ3) is 5.77. The van der Waals surface area contributed by atoms with Crippen molar-refractivity contribution in [3.8, 4) is 0 Å². The molecule has 1 aromatic rings. The molecule has 0 saturated heterocycles. The van der Waals surface area contributed by atoms with Crippen molar-refractivity contribution in [3.05, 3.63) is 21.3 Å². The van der Waals surface area contributed by atoms with Gasteiger partial charge >= 0.3 is 12.0 Å². The van der Waals surface area contributed by atoms with E-state index < -0.39 is 12.1 Å². The van der Waals surface area contributed by atoms with Gasteiger partial charge in [-0.1, -0.05) is 11.6 Å². The van der Waals surface area contributed by atoms with Crippen LogP contribution in [0.1, 0.15) is 24.3 Å². The van der Waals surface area contributed by atoms with Gasteiger partial charge in [0, 0.05) is 18.5 Å². The Labute approximate surface area is 126 Å². The third-order valence-electron chi connectivity index (χ3n) is 2.59. The van der Waals surface area contributed by atoms with Gasteiger partial charge in [-0.2, -0.15) is 0 Å². The van der Waals surface area contributed by atoms with E-state index in [1.807, 2.05) is 13.0 Å². The number of carboxylic acid groups (broad SMARTS) is 1. The molecule has 0 spiro atoms. The summed E-state index contributed by atoms with van der Waals surface area (Å²) in [5.74, 6) is -0.972. The lowest BCUT2D eigenvalue weighted by Gasteiger charge is -2.16. The largest absolute Gasteiger partial charge is 0.481 e. The zero-order chi connectivity index (χ0) is 15.1. The molecule has 0 fully saturated rings. The van der Waals surface area contributed by atoms with Gasteiger partial charge in [0.15, 0.2) is 0 Å². The maximum Gasteiger partial charge on any atom is 0.315 e. The maximum atomic E-state index is 11.7. The quantitative estimate of drug-likeness (QED) is 0.719. The van der Waals surface area contributed by atoms with Crippen LogP contribution in [0, 0.1) is 0 Å². The number of carbonyl (C=O) groups excluding carboxylic acids is 1. The van der Waals surface area contributed by atoms with E-state index in [9.17, 15) is 9.59 Å². The molecule has 0 bridgehead atoms. The average Bonchev–Trinajstić information content (AvgIpc) is 2.80. The van der Waals surface area contributed by atoms with Crippen LogP contribution in [0.15, 0.2) is 12.1 Å². The summed E-state index contributed by atoms with van der Waals surface area (Å²) in [6.45, 7) is 1.97. The van der Waals surface area contributed by atoms with Crippen molar-refractivity contribution in [1.29, 1.82) is 0 Å². The van der Waals surface area contributed by atoms with Crippen molar-refractivity contribution >= 4 is 34.9 Å². The van der Waals surface area contributed by atoms with E-state index in [0.29, 0.717) is 4.34 Å². The summed E-state index contributed by atoms with van der Waals surface area (Å²) in [6, 6.07) is 3.06. The molecule has 0 aliphatic carbocycles. The molecule has 2 amide bonds. The SMILES string of the molecule is COC(CNC(=O)NC(C)c1ccc(Cl)s1)CC(=O)O. The Balaban J connectivity index is 2.37. The first kappa shape index (κ1) is 16.7. The number of thiophene rings is 1. The van der Waals surface area contributed by atoms with E-state index in [4.69, 9.17) is 21.4 Å². The van der Waals surface area contributed by atoms with Gasteiger partial charge in [-0.25, -0.2) is 4.79 Å². The first-order valence-electron chi connectivity index (χ1n) is 5.96. The number of urea groups is 1. The molecule has 0 aromatic carbocycles. The number of rotatable bonds is 7. The minimum absolute atomic E-state index is 0.131. The Morgan fingerprint density at radius 2 is 2.20 bits per heavy atom. The topological polar surface area (TPSA) is 87.7 Å². The van der Waals surface area contributed by atoms with E-state index in [0.717, 1.165) is 4.88 Å². The van der Waals surface area contributed by atoms with Gasteiger partial charge in [0.2, 0.25) is 0 Å². The lowest BCUT2D eigenvalue weighted by atomic mass is 10.2. The fourth-order valence-electron chi connectivity index (χ4n) is 1.52. The van der Waals surface area contributed by atoms with Gasteiger partial charge in [0.25, 0.3) is 0 Å². The second-order valence-corrected chi connectivity index (χ2v) is 5.92. The fraction of sp³-hybridized carbons (Fsp3) is 0.500. The van der Waals surface area contributed by atoms with Gasteiger partial charge in [-0.05, 0) is 19.1 Å². The lowest BCUT2D eigenvalue weighted by Crippen LogP contribution is -2.41. The van der Waals surface area contributed by atoms with Crippen LogP contribution in [0.5, 0.6) is 0 Å². The molecule has 112 valence electrons. The number of carbonyl (C=O) groups is 2. The Morgan fingerprint density at radius 1 is 1.50 bits per heavy atom. The Kier molecular flexibility index (Phi) is 6.77. The molecular weight excluding hydrogens is 304 g/mol. The molecule has 2 atom stereocenters. The zero-order valence-corrected chi connectivity index (χ0v) is 12.8. The van der Waals surface area contributed by atoms with Gasteiger partial charge < -0.3 is 20.5 Å². The van der Waals surface area contributed by atoms with E-state index in [2.05, 4.69) is 10.6 Å². The summed E-state index contributed by atoms with van der Waals surface area (Å²) in [6.07, 6.45) is -0.711. The van der Waals surface area contributed by atoms with Gasteiger partial charge in [-0.15, -0.1) is 11.3 Å². The Bertz CT molecular complexity index is 466. The van der Waals surface area contributed by atoms with Crippen LogP contribution in [0.4, 0.5) is 4.79 Å². The molecule has 6 nitrogen and oxygen atoms in total. The highest BCUT2D eigenvalue weighted by Gasteiger charge is 2.15. The third-order valence-corrected chi connectivity index (χ3v) is 4.01. The Morgan fingerprint density at radius 3 is 2.70 bits per heavy atom. The van der Waals surface area contributed by atoms with Crippen molar-refractivity contribution in [2.45, 2.75) is 25.5 Å². The van der Waals surface area contributed by atoms with Crippen molar-refractivity contribution < 1.29 is 19.4 Å². The first-order chi connectivity index (χ1) is 9.42. The summed E-state index contributed by atoms with van der Waals surface area (Å²) in [7, 11) is 1.41. The highest BCUT2D eigenvalue weighted by Crippen LogP contribution is 2.26. The number of carboxylic acids is 1. The number of nitrogens with one attached hydrogen (secondary N) is 2. The number of hydrogen-bond donors (Lipinski definition) is 3. The molecule has 0 aliphatic rings. The average molecular weight is 321 g/mol. The molecule has 1 heterocycles.